The van der Waals surface area contributed by atoms with Gasteiger partial charge in [-0.2, -0.15) is 13.2 Å². The molecule has 6 heteroatoms. The number of nitrogens with zero attached hydrogens (tertiary/aromatic N) is 1. The monoisotopic (exact) mass is 306 g/mol. The molecule has 0 aliphatic heterocycles. The smallest absolute Gasteiger partial charge is 0.359 e. The van der Waals surface area contributed by atoms with Crippen molar-refractivity contribution in [2.45, 2.75) is 13.1 Å². The number of pyridine rings is 1. The molecule has 1 aromatic heterocycles. The van der Waals surface area contributed by atoms with Gasteiger partial charge in [0.2, 0.25) is 0 Å². The number of aromatic nitrogens is 1. The van der Waals surface area contributed by atoms with Crippen LogP contribution in [0.1, 0.15) is 22.8 Å². The van der Waals surface area contributed by atoms with Gasteiger partial charge in [-0.15, -0.1) is 0 Å². The van der Waals surface area contributed by atoms with Crippen molar-refractivity contribution in [3.63, 3.8) is 0 Å². The first kappa shape index (κ1) is 15.8. The maximum Gasteiger partial charge on any atom is 0.418 e. The molecule has 1 N–H and O–H groups in total. The molecule has 0 spiro atoms. The molecule has 1 aromatic carbocycles. The quantitative estimate of drug-likeness (QED) is 0.676. The predicted octanol–water partition coefficient (Wildman–Crippen LogP) is 4.30. The Morgan fingerprint density at radius 3 is 2.55 bits per heavy atom. The first-order valence-electron chi connectivity index (χ1n) is 6.44. The van der Waals surface area contributed by atoms with Crippen molar-refractivity contribution in [3.05, 3.63) is 71.7 Å². The topological polar surface area (TPSA) is 42.0 Å². The third kappa shape index (κ3) is 3.94. The summed E-state index contributed by atoms with van der Waals surface area (Å²) in [7, 11) is 0. The Hall–Kier alpha value is -2.63. The highest BCUT2D eigenvalue weighted by atomic mass is 19.4. The minimum atomic E-state index is -4.46. The summed E-state index contributed by atoms with van der Waals surface area (Å²) < 4.78 is 38.7. The predicted molar refractivity (Wildman–Crippen MR) is 77.4 cm³/mol. The lowest BCUT2D eigenvalue weighted by atomic mass is 10.1. The van der Waals surface area contributed by atoms with E-state index < -0.39 is 11.7 Å². The third-order valence-electron chi connectivity index (χ3n) is 2.86. The van der Waals surface area contributed by atoms with Gasteiger partial charge in [0.15, 0.2) is 5.78 Å². The second-order valence-corrected chi connectivity index (χ2v) is 4.60. The van der Waals surface area contributed by atoms with Crippen LogP contribution >= 0.6 is 0 Å². The lowest BCUT2D eigenvalue weighted by Crippen LogP contribution is -2.10. The van der Waals surface area contributed by atoms with E-state index in [1.807, 2.05) is 0 Å². The standard InChI is InChI=1S/C16H13F3N2O/c1-11(9-15(22)12-5-4-8-20-10-12)21-14-7-3-2-6-13(14)16(17,18)19/h2-10,21H,1H3/b11-9+. The number of carbonyl (C=O) groups excluding carboxylic acids is 1. The molecule has 0 aliphatic carbocycles. The second kappa shape index (κ2) is 6.43. The molecule has 114 valence electrons. The van der Waals surface area contributed by atoms with Gasteiger partial charge in [0.25, 0.3) is 0 Å². The molecule has 2 rings (SSSR count). The molecule has 0 unspecified atom stereocenters. The van der Waals surface area contributed by atoms with E-state index in [1.54, 1.807) is 12.1 Å². The number of benzene rings is 1. The highest BCUT2D eigenvalue weighted by Gasteiger charge is 2.33. The Morgan fingerprint density at radius 2 is 1.91 bits per heavy atom. The molecule has 1 heterocycles. The van der Waals surface area contributed by atoms with Crippen LogP contribution in [0.3, 0.4) is 0 Å². The molecule has 0 saturated heterocycles. The number of halogens is 3. The van der Waals surface area contributed by atoms with Crippen LogP contribution in [0, 0.1) is 0 Å². The number of rotatable bonds is 4. The first-order chi connectivity index (χ1) is 10.4. The van der Waals surface area contributed by atoms with Crippen LogP contribution in [0.15, 0.2) is 60.6 Å². The fourth-order valence-electron chi connectivity index (χ4n) is 1.88. The van der Waals surface area contributed by atoms with Gasteiger partial charge in [0.1, 0.15) is 0 Å². The fourth-order valence-corrected chi connectivity index (χ4v) is 1.88. The van der Waals surface area contributed by atoms with Gasteiger partial charge in [-0.3, -0.25) is 9.78 Å². The van der Waals surface area contributed by atoms with Gasteiger partial charge in [0.05, 0.1) is 11.3 Å². The van der Waals surface area contributed by atoms with Gasteiger partial charge < -0.3 is 5.32 Å². The molecular formula is C16H13F3N2O. The number of anilines is 1. The van der Waals surface area contributed by atoms with Crippen molar-refractivity contribution < 1.29 is 18.0 Å². The Morgan fingerprint density at radius 1 is 1.18 bits per heavy atom. The highest BCUT2D eigenvalue weighted by molar-refractivity contribution is 6.04. The molecule has 0 radical (unpaired) electrons. The molecule has 0 saturated carbocycles. The zero-order chi connectivity index (χ0) is 16.2. The van der Waals surface area contributed by atoms with Crippen LogP contribution in [-0.4, -0.2) is 10.8 Å². The van der Waals surface area contributed by atoms with E-state index in [1.165, 1.54) is 43.6 Å². The minimum Gasteiger partial charge on any atom is -0.359 e. The molecule has 0 aliphatic rings. The van der Waals surface area contributed by atoms with E-state index in [-0.39, 0.29) is 11.5 Å². The van der Waals surface area contributed by atoms with E-state index in [4.69, 9.17) is 0 Å². The molecule has 0 amide bonds. The first-order valence-corrected chi connectivity index (χ1v) is 6.44. The Balaban J connectivity index is 2.21. The number of allylic oxidation sites excluding steroid dienone is 2. The van der Waals surface area contributed by atoms with E-state index in [0.717, 1.165) is 6.07 Å². The molecule has 0 atom stereocenters. The summed E-state index contributed by atoms with van der Waals surface area (Å²) in [4.78, 5) is 15.8. The van der Waals surface area contributed by atoms with E-state index in [0.29, 0.717) is 11.3 Å². The Kier molecular flexibility index (Phi) is 4.60. The van der Waals surface area contributed by atoms with Crippen LogP contribution < -0.4 is 5.32 Å². The fraction of sp³-hybridized carbons (Fsp3) is 0.125. The second-order valence-electron chi connectivity index (χ2n) is 4.60. The van der Waals surface area contributed by atoms with Crippen molar-refractivity contribution in [3.8, 4) is 0 Å². The minimum absolute atomic E-state index is 0.0947. The maximum absolute atomic E-state index is 12.9. The number of alkyl halides is 3. The van der Waals surface area contributed by atoms with Crippen molar-refractivity contribution in [2.75, 3.05) is 5.32 Å². The normalized spacial score (nSPS) is 12.1. The summed E-state index contributed by atoms with van der Waals surface area (Å²) in [6, 6.07) is 8.31. The molecule has 2 aromatic rings. The largest absolute Gasteiger partial charge is 0.418 e. The van der Waals surface area contributed by atoms with Gasteiger partial charge >= 0.3 is 6.18 Å². The number of hydrogen-bond acceptors (Lipinski definition) is 3. The lowest BCUT2D eigenvalue weighted by molar-refractivity contribution is -0.136. The molecular weight excluding hydrogens is 293 g/mol. The number of carbonyl (C=O) groups is 1. The Labute approximate surface area is 125 Å². The third-order valence-corrected chi connectivity index (χ3v) is 2.86. The molecule has 22 heavy (non-hydrogen) atoms. The van der Waals surface area contributed by atoms with Crippen LogP contribution in [-0.2, 0) is 6.18 Å². The van der Waals surface area contributed by atoms with Crippen molar-refractivity contribution in [1.29, 1.82) is 0 Å². The van der Waals surface area contributed by atoms with E-state index in [9.17, 15) is 18.0 Å². The summed E-state index contributed by atoms with van der Waals surface area (Å²) >= 11 is 0. The SMILES string of the molecule is C/C(=C\C(=O)c1cccnc1)Nc1ccccc1C(F)(F)F. The van der Waals surface area contributed by atoms with Crippen LogP contribution in [0.25, 0.3) is 0 Å². The van der Waals surface area contributed by atoms with Gasteiger partial charge in [0, 0.05) is 29.7 Å². The summed E-state index contributed by atoms with van der Waals surface area (Å²) in [6.07, 6.45) is -0.289. The van der Waals surface area contributed by atoms with E-state index in [2.05, 4.69) is 10.3 Å². The number of nitrogens with one attached hydrogen (secondary N) is 1. The number of hydrogen-bond donors (Lipinski definition) is 1. The van der Waals surface area contributed by atoms with Gasteiger partial charge in [-0.1, -0.05) is 12.1 Å². The molecule has 3 nitrogen and oxygen atoms in total. The average Bonchev–Trinajstić information content (AvgIpc) is 2.47. The summed E-state index contributed by atoms with van der Waals surface area (Å²) in [5.41, 5.74) is -0.197. The van der Waals surface area contributed by atoms with Gasteiger partial charge in [-0.05, 0) is 31.2 Å². The average molecular weight is 306 g/mol. The number of ketones is 1. The summed E-state index contributed by atoms with van der Waals surface area (Å²) in [5.74, 6) is -0.331. The highest BCUT2D eigenvalue weighted by Crippen LogP contribution is 2.34. The zero-order valence-electron chi connectivity index (χ0n) is 11.7. The van der Waals surface area contributed by atoms with Crippen molar-refractivity contribution in [2.24, 2.45) is 0 Å². The molecule has 0 fully saturated rings. The van der Waals surface area contributed by atoms with Crippen LogP contribution in [0.5, 0.6) is 0 Å². The maximum atomic E-state index is 12.9. The molecule has 0 bridgehead atoms. The van der Waals surface area contributed by atoms with Crippen molar-refractivity contribution in [1.82, 2.24) is 4.98 Å². The van der Waals surface area contributed by atoms with Crippen molar-refractivity contribution >= 4 is 11.5 Å². The zero-order valence-corrected chi connectivity index (χ0v) is 11.7. The van der Waals surface area contributed by atoms with E-state index >= 15 is 0 Å². The van der Waals surface area contributed by atoms with Gasteiger partial charge in [-0.25, -0.2) is 0 Å². The lowest BCUT2D eigenvalue weighted by Gasteiger charge is -2.14. The van der Waals surface area contributed by atoms with Crippen LogP contribution in [0.4, 0.5) is 18.9 Å². The Bertz CT molecular complexity index is 694. The summed E-state index contributed by atoms with van der Waals surface area (Å²) in [5, 5.41) is 2.62. The summed E-state index contributed by atoms with van der Waals surface area (Å²) in [6.45, 7) is 1.53. The number of para-hydroxylation sites is 1. The van der Waals surface area contributed by atoms with Crippen LogP contribution in [0.2, 0.25) is 0 Å².